The molecule has 2 aliphatic carbocycles. The maximum Gasteiger partial charge on any atom is 0.242 e. The van der Waals surface area contributed by atoms with Crippen LogP contribution in [-0.4, -0.2) is 32.2 Å². The summed E-state index contributed by atoms with van der Waals surface area (Å²) in [7, 11) is 0. The molecule has 6 heteroatoms. The van der Waals surface area contributed by atoms with Gasteiger partial charge in [0.2, 0.25) is 5.91 Å². The quantitative estimate of drug-likeness (QED) is 0.848. The summed E-state index contributed by atoms with van der Waals surface area (Å²) in [6.07, 6.45) is 6.87. The summed E-state index contributed by atoms with van der Waals surface area (Å²) in [5.41, 5.74) is 0. The normalized spacial score (nSPS) is 31.5. The molecule has 1 aromatic rings. The third-order valence-electron chi connectivity index (χ3n) is 4.52. The van der Waals surface area contributed by atoms with Gasteiger partial charge >= 0.3 is 0 Å². The van der Waals surface area contributed by atoms with E-state index in [4.69, 9.17) is 0 Å². The number of carbonyl (C=O) groups is 1. The number of rotatable bonds is 4. The molecule has 0 aliphatic heterocycles. The Morgan fingerprint density at radius 3 is 3.00 bits per heavy atom. The minimum Gasteiger partial charge on any atom is -0.352 e. The van der Waals surface area contributed by atoms with Crippen molar-refractivity contribution >= 4 is 5.91 Å². The van der Waals surface area contributed by atoms with E-state index in [2.05, 4.69) is 27.8 Å². The van der Waals surface area contributed by atoms with Crippen LogP contribution in [0.4, 0.5) is 0 Å². The fourth-order valence-corrected chi connectivity index (χ4v) is 3.71. The Morgan fingerprint density at radius 2 is 2.39 bits per heavy atom. The number of hydrogen-bond acceptors (Lipinski definition) is 4. The number of nitrogens with one attached hydrogen (secondary N) is 1. The van der Waals surface area contributed by atoms with Crippen molar-refractivity contribution in [2.24, 2.45) is 17.8 Å². The Labute approximate surface area is 106 Å². The molecule has 0 aromatic carbocycles. The smallest absolute Gasteiger partial charge is 0.242 e. The van der Waals surface area contributed by atoms with Gasteiger partial charge in [0.15, 0.2) is 0 Å². The van der Waals surface area contributed by atoms with Crippen LogP contribution < -0.4 is 5.32 Å². The summed E-state index contributed by atoms with van der Waals surface area (Å²) >= 11 is 0. The molecule has 18 heavy (non-hydrogen) atoms. The molecule has 6 nitrogen and oxygen atoms in total. The summed E-state index contributed by atoms with van der Waals surface area (Å²) in [4.78, 5) is 11.9. The molecule has 98 valence electrons. The van der Waals surface area contributed by atoms with Gasteiger partial charge in [0.25, 0.3) is 0 Å². The van der Waals surface area contributed by atoms with Crippen molar-refractivity contribution in [3.05, 3.63) is 6.33 Å². The van der Waals surface area contributed by atoms with Gasteiger partial charge in [0, 0.05) is 6.04 Å². The van der Waals surface area contributed by atoms with Crippen molar-refractivity contribution in [2.75, 3.05) is 0 Å². The lowest BCUT2D eigenvalue weighted by atomic mass is 9.84. The Bertz CT molecular complexity index is 418. The summed E-state index contributed by atoms with van der Waals surface area (Å²) in [5, 5.41) is 13.8. The molecular formula is C12H19N5O. The van der Waals surface area contributed by atoms with Gasteiger partial charge in [-0.05, 0) is 54.4 Å². The Kier molecular flexibility index (Phi) is 3.01. The summed E-state index contributed by atoms with van der Waals surface area (Å²) in [5.74, 6) is 2.41. The number of aromatic nitrogens is 4. The first-order valence-electron chi connectivity index (χ1n) is 6.72. The van der Waals surface area contributed by atoms with E-state index in [1.165, 1.54) is 36.7 Å². The summed E-state index contributed by atoms with van der Waals surface area (Å²) in [6.45, 7) is 2.33. The highest BCUT2D eigenvalue weighted by Gasteiger charge is 2.42. The molecule has 4 atom stereocenters. The van der Waals surface area contributed by atoms with Gasteiger partial charge in [-0.2, -0.15) is 0 Å². The van der Waals surface area contributed by atoms with Crippen molar-refractivity contribution in [3.8, 4) is 0 Å². The van der Waals surface area contributed by atoms with Gasteiger partial charge in [-0.3, -0.25) is 4.79 Å². The molecular weight excluding hydrogens is 230 g/mol. The van der Waals surface area contributed by atoms with E-state index in [1.54, 1.807) is 0 Å². The van der Waals surface area contributed by atoms with Crippen molar-refractivity contribution in [3.63, 3.8) is 0 Å². The van der Waals surface area contributed by atoms with E-state index in [9.17, 15) is 4.79 Å². The van der Waals surface area contributed by atoms with Crippen LogP contribution in [0.25, 0.3) is 0 Å². The zero-order valence-electron chi connectivity index (χ0n) is 10.6. The predicted molar refractivity (Wildman–Crippen MR) is 64.4 cm³/mol. The van der Waals surface area contributed by atoms with Crippen molar-refractivity contribution < 1.29 is 4.79 Å². The Morgan fingerprint density at radius 1 is 1.50 bits per heavy atom. The SMILES string of the molecule is CC(NC(=O)Cn1cnnn1)C1CC2CCC1C2. The molecule has 3 rings (SSSR count). The first-order valence-corrected chi connectivity index (χ1v) is 6.72. The predicted octanol–water partition coefficient (Wildman–Crippen LogP) is 0.614. The molecule has 1 heterocycles. The van der Waals surface area contributed by atoms with Gasteiger partial charge in [-0.1, -0.05) is 6.42 Å². The molecule has 2 aliphatic rings. The maximum absolute atomic E-state index is 11.9. The van der Waals surface area contributed by atoms with Crippen LogP contribution in [-0.2, 0) is 11.3 Å². The second kappa shape index (κ2) is 4.66. The average molecular weight is 249 g/mol. The van der Waals surface area contributed by atoms with E-state index in [0.717, 1.165) is 11.8 Å². The molecule has 0 radical (unpaired) electrons. The number of fused-ring (bicyclic) bond motifs is 2. The highest BCUT2D eigenvalue weighted by atomic mass is 16.2. The molecule has 1 amide bonds. The Hall–Kier alpha value is -1.46. The molecule has 1 N–H and O–H groups in total. The fraction of sp³-hybridized carbons (Fsp3) is 0.833. The van der Waals surface area contributed by atoms with Crippen LogP contribution in [0.1, 0.15) is 32.6 Å². The van der Waals surface area contributed by atoms with E-state index in [1.807, 2.05) is 0 Å². The van der Waals surface area contributed by atoms with Crippen LogP contribution in [0.2, 0.25) is 0 Å². The first kappa shape index (κ1) is 11.6. The lowest BCUT2D eigenvalue weighted by Gasteiger charge is -2.28. The molecule has 0 saturated heterocycles. The zero-order chi connectivity index (χ0) is 12.5. The van der Waals surface area contributed by atoms with Crippen molar-refractivity contribution in [2.45, 2.75) is 45.2 Å². The van der Waals surface area contributed by atoms with Gasteiger partial charge in [-0.25, -0.2) is 4.68 Å². The van der Waals surface area contributed by atoms with Gasteiger partial charge < -0.3 is 5.32 Å². The van der Waals surface area contributed by atoms with Crippen molar-refractivity contribution in [1.29, 1.82) is 0 Å². The number of hydrogen-bond donors (Lipinski definition) is 1. The van der Waals surface area contributed by atoms with Crippen LogP contribution in [0, 0.1) is 17.8 Å². The zero-order valence-corrected chi connectivity index (χ0v) is 10.6. The van der Waals surface area contributed by atoms with Gasteiger partial charge in [0.1, 0.15) is 12.9 Å². The summed E-state index contributed by atoms with van der Waals surface area (Å²) in [6, 6.07) is 0.268. The van der Waals surface area contributed by atoms with E-state index in [0.29, 0.717) is 5.92 Å². The molecule has 2 fully saturated rings. The average Bonchev–Trinajstić information content (AvgIpc) is 3.04. The largest absolute Gasteiger partial charge is 0.352 e. The van der Waals surface area contributed by atoms with Gasteiger partial charge in [0.05, 0.1) is 0 Å². The number of amides is 1. The molecule has 2 saturated carbocycles. The molecule has 1 aromatic heterocycles. The Balaban J connectivity index is 1.51. The second-order valence-corrected chi connectivity index (χ2v) is 5.70. The van der Waals surface area contributed by atoms with E-state index in [-0.39, 0.29) is 18.5 Å². The molecule has 0 spiro atoms. The molecule has 4 unspecified atom stereocenters. The third kappa shape index (κ3) is 2.23. The minimum atomic E-state index is -0.00225. The van der Waals surface area contributed by atoms with Crippen LogP contribution >= 0.6 is 0 Å². The number of carbonyl (C=O) groups excluding carboxylic acids is 1. The monoisotopic (exact) mass is 249 g/mol. The highest BCUT2D eigenvalue weighted by Crippen LogP contribution is 2.49. The third-order valence-corrected chi connectivity index (χ3v) is 4.52. The molecule has 2 bridgehead atoms. The highest BCUT2D eigenvalue weighted by molar-refractivity contribution is 5.75. The first-order chi connectivity index (χ1) is 8.72. The van der Waals surface area contributed by atoms with Gasteiger partial charge in [-0.15, -0.1) is 5.10 Å². The lowest BCUT2D eigenvalue weighted by molar-refractivity contribution is -0.123. The van der Waals surface area contributed by atoms with E-state index >= 15 is 0 Å². The van der Waals surface area contributed by atoms with Crippen LogP contribution in [0.5, 0.6) is 0 Å². The van der Waals surface area contributed by atoms with Crippen LogP contribution in [0.3, 0.4) is 0 Å². The summed E-state index contributed by atoms with van der Waals surface area (Å²) < 4.78 is 1.45. The fourth-order valence-electron chi connectivity index (χ4n) is 3.71. The van der Waals surface area contributed by atoms with Crippen molar-refractivity contribution in [1.82, 2.24) is 25.5 Å². The standard InChI is InChI=1S/C12H19N5O/c1-8(11-5-9-2-3-10(11)4-9)14-12(18)6-17-7-13-15-16-17/h7-11H,2-6H2,1H3,(H,14,18). The minimum absolute atomic E-state index is 0.00225. The van der Waals surface area contributed by atoms with Crippen LogP contribution in [0.15, 0.2) is 6.33 Å². The topological polar surface area (TPSA) is 72.7 Å². The second-order valence-electron chi connectivity index (χ2n) is 5.70. The lowest BCUT2D eigenvalue weighted by Crippen LogP contribution is -2.41. The number of tetrazole rings is 1. The number of nitrogens with zero attached hydrogens (tertiary/aromatic N) is 4. The maximum atomic E-state index is 11.9. The van der Waals surface area contributed by atoms with E-state index < -0.39 is 0 Å².